The molecule has 0 fully saturated rings. The van der Waals surface area contributed by atoms with Crippen LogP contribution in [0.1, 0.15) is 18.4 Å². The standard InChI is InChI=1S/C12H15NO6S.K.H/c1-8-2-4-9(5-3-8)20(18,19)13-10(12(16)17)6-7-11(14)15;;/h2-5,10,13H,6-7H2,1H3,(H,14,15)(H,16,17);;/t10-;;/m0../s1. The third-order valence-electron chi connectivity index (χ3n) is 2.57. The van der Waals surface area contributed by atoms with Gasteiger partial charge in [-0.25, -0.2) is 8.42 Å². The first-order chi connectivity index (χ1) is 9.22. The molecule has 0 aromatic heterocycles. The molecule has 9 heteroatoms. The van der Waals surface area contributed by atoms with Crippen molar-refractivity contribution in [3.63, 3.8) is 0 Å². The Morgan fingerprint density at radius 2 is 1.71 bits per heavy atom. The fraction of sp³-hybridized carbons (Fsp3) is 0.333. The molecule has 0 spiro atoms. The van der Waals surface area contributed by atoms with Gasteiger partial charge in [-0.05, 0) is 25.5 Å². The van der Waals surface area contributed by atoms with E-state index in [0.717, 1.165) is 5.56 Å². The number of aryl methyl sites for hydroxylation is 1. The second-order valence-corrected chi connectivity index (χ2v) is 5.97. The van der Waals surface area contributed by atoms with Crippen molar-refractivity contribution < 1.29 is 28.2 Å². The van der Waals surface area contributed by atoms with Crippen LogP contribution in [-0.4, -0.2) is 88.0 Å². The number of benzene rings is 1. The van der Waals surface area contributed by atoms with E-state index in [-0.39, 0.29) is 62.7 Å². The number of sulfonamides is 1. The number of carbonyl (C=O) groups is 2. The summed E-state index contributed by atoms with van der Waals surface area (Å²) < 4.78 is 26.0. The Hall–Kier alpha value is -0.294. The van der Waals surface area contributed by atoms with Crippen molar-refractivity contribution in [3.05, 3.63) is 29.8 Å². The first-order valence-corrected chi connectivity index (χ1v) is 7.24. The summed E-state index contributed by atoms with van der Waals surface area (Å²) in [6.07, 6.45) is -0.761. The molecule has 0 heterocycles. The second kappa shape index (κ2) is 8.98. The molecular weight excluding hydrogens is 325 g/mol. The van der Waals surface area contributed by atoms with Gasteiger partial charge in [-0.2, -0.15) is 4.72 Å². The minimum atomic E-state index is -3.99. The summed E-state index contributed by atoms with van der Waals surface area (Å²) >= 11 is 0. The Bertz CT molecular complexity index is 599. The molecule has 1 rings (SSSR count). The number of aliphatic carboxylic acids is 2. The van der Waals surface area contributed by atoms with E-state index in [1.54, 1.807) is 19.1 Å². The van der Waals surface area contributed by atoms with Gasteiger partial charge < -0.3 is 10.2 Å². The van der Waals surface area contributed by atoms with Gasteiger partial charge in [-0.1, -0.05) is 17.7 Å². The molecule has 0 amide bonds. The van der Waals surface area contributed by atoms with Gasteiger partial charge in [-0.15, -0.1) is 0 Å². The van der Waals surface area contributed by atoms with E-state index in [9.17, 15) is 18.0 Å². The SMILES string of the molecule is Cc1ccc(S(=O)(=O)N[C@@H](CCC(=O)O)C(=O)O)cc1.[KH]. The molecule has 1 aromatic carbocycles. The van der Waals surface area contributed by atoms with Gasteiger partial charge in [0.15, 0.2) is 0 Å². The van der Waals surface area contributed by atoms with Crippen LogP contribution < -0.4 is 4.72 Å². The molecule has 21 heavy (non-hydrogen) atoms. The van der Waals surface area contributed by atoms with Crippen LogP contribution in [0.3, 0.4) is 0 Å². The molecule has 3 N–H and O–H groups in total. The Labute approximate surface area is 165 Å². The van der Waals surface area contributed by atoms with Gasteiger partial charge in [0.05, 0.1) is 4.90 Å². The second-order valence-electron chi connectivity index (χ2n) is 4.26. The van der Waals surface area contributed by atoms with Crippen molar-refractivity contribution >= 4 is 73.3 Å². The Kier molecular flexibility index (Phi) is 8.86. The Morgan fingerprint density at radius 1 is 1.19 bits per heavy atom. The molecular formula is C12H16KNO6S. The first-order valence-electron chi connectivity index (χ1n) is 5.76. The third-order valence-corrected chi connectivity index (χ3v) is 4.06. The summed E-state index contributed by atoms with van der Waals surface area (Å²) in [5, 5.41) is 17.4. The van der Waals surface area contributed by atoms with Crippen LogP contribution in [0.5, 0.6) is 0 Å². The van der Waals surface area contributed by atoms with Gasteiger partial charge in [0.25, 0.3) is 0 Å². The van der Waals surface area contributed by atoms with Crippen molar-refractivity contribution in [2.75, 3.05) is 0 Å². The van der Waals surface area contributed by atoms with E-state index in [2.05, 4.69) is 0 Å². The quantitative estimate of drug-likeness (QED) is 0.598. The fourth-order valence-electron chi connectivity index (χ4n) is 1.47. The molecule has 0 saturated heterocycles. The first kappa shape index (κ1) is 20.7. The van der Waals surface area contributed by atoms with Crippen LogP contribution in [0.4, 0.5) is 0 Å². The maximum absolute atomic E-state index is 12.0. The average molecular weight is 341 g/mol. The molecule has 0 bridgehead atoms. The monoisotopic (exact) mass is 341 g/mol. The van der Waals surface area contributed by atoms with E-state index in [0.29, 0.717) is 0 Å². The van der Waals surface area contributed by atoms with E-state index >= 15 is 0 Å². The molecule has 112 valence electrons. The Balaban J connectivity index is 0.00000400. The van der Waals surface area contributed by atoms with E-state index in [1.807, 2.05) is 4.72 Å². The average Bonchev–Trinajstić information content (AvgIpc) is 2.34. The predicted octanol–water partition coefficient (Wildman–Crippen LogP) is -0.0572. The van der Waals surface area contributed by atoms with Gasteiger partial charge >= 0.3 is 63.3 Å². The van der Waals surface area contributed by atoms with Gasteiger partial charge in [0.2, 0.25) is 10.0 Å². The molecule has 0 aliphatic heterocycles. The van der Waals surface area contributed by atoms with Crippen LogP contribution in [0, 0.1) is 6.92 Å². The van der Waals surface area contributed by atoms with E-state index in [4.69, 9.17) is 10.2 Å². The van der Waals surface area contributed by atoms with Gasteiger partial charge in [0.1, 0.15) is 6.04 Å². The summed E-state index contributed by atoms with van der Waals surface area (Å²) in [5.74, 6) is -2.60. The number of carboxylic acids is 2. The number of rotatable bonds is 7. The van der Waals surface area contributed by atoms with Crippen LogP contribution in [-0.2, 0) is 19.6 Å². The Morgan fingerprint density at radius 3 is 2.14 bits per heavy atom. The summed E-state index contributed by atoms with van der Waals surface area (Å²) in [5.41, 5.74) is 0.865. The molecule has 0 saturated carbocycles. The molecule has 0 aliphatic carbocycles. The zero-order chi connectivity index (χ0) is 15.3. The minimum absolute atomic E-state index is 0. The number of hydrogen-bond acceptors (Lipinski definition) is 4. The van der Waals surface area contributed by atoms with Crippen LogP contribution in [0.2, 0.25) is 0 Å². The van der Waals surface area contributed by atoms with Gasteiger partial charge in [-0.3, -0.25) is 9.59 Å². The third kappa shape index (κ3) is 7.00. The van der Waals surface area contributed by atoms with E-state index < -0.39 is 34.4 Å². The van der Waals surface area contributed by atoms with Crippen LogP contribution in [0.15, 0.2) is 29.2 Å². The normalized spacial score (nSPS) is 12.2. The molecule has 1 atom stereocenters. The van der Waals surface area contributed by atoms with Crippen molar-refractivity contribution in [1.82, 2.24) is 4.72 Å². The van der Waals surface area contributed by atoms with Crippen molar-refractivity contribution in [1.29, 1.82) is 0 Å². The predicted molar refractivity (Wildman–Crippen MR) is 76.9 cm³/mol. The summed E-state index contributed by atoms with van der Waals surface area (Å²) in [4.78, 5) is 21.3. The van der Waals surface area contributed by atoms with Crippen molar-refractivity contribution in [3.8, 4) is 0 Å². The molecule has 7 nitrogen and oxygen atoms in total. The van der Waals surface area contributed by atoms with Crippen LogP contribution in [0.25, 0.3) is 0 Å². The maximum atomic E-state index is 12.0. The summed E-state index contributed by atoms with van der Waals surface area (Å²) in [7, 11) is -3.99. The summed E-state index contributed by atoms with van der Waals surface area (Å²) in [6, 6.07) is 4.41. The van der Waals surface area contributed by atoms with E-state index in [1.165, 1.54) is 12.1 Å². The molecule has 0 unspecified atom stereocenters. The fourth-order valence-corrected chi connectivity index (χ4v) is 2.70. The zero-order valence-corrected chi connectivity index (χ0v) is 11.6. The topological polar surface area (TPSA) is 121 Å². The zero-order valence-electron chi connectivity index (χ0n) is 10.7. The number of carboxylic acid groups (broad SMARTS) is 2. The number of nitrogens with one attached hydrogen (secondary N) is 1. The molecule has 1 aromatic rings. The van der Waals surface area contributed by atoms with Crippen molar-refractivity contribution in [2.45, 2.75) is 30.7 Å². The van der Waals surface area contributed by atoms with Gasteiger partial charge in [0, 0.05) is 6.42 Å². The summed E-state index contributed by atoms with van der Waals surface area (Å²) in [6.45, 7) is 1.79. The molecule has 0 aliphatic rings. The van der Waals surface area contributed by atoms with Crippen molar-refractivity contribution in [2.24, 2.45) is 0 Å². The number of hydrogen-bond donors (Lipinski definition) is 3. The van der Waals surface area contributed by atoms with Crippen LogP contribution >= 0.6 is 0 Å². The molecule has 0 radical (unpaired) electrons.